The summed E-state index contributed by atoms with van der Waals surface area (Å²) in [5.41, 5.74) is 0. The number of carbonyl (C=O) groups is 1. The van der Waals surface area contributed by atoms with Crippen molar-refractivity contribution in [2.24, 2.45) is 4.99 Å². The molecular weight excluding hydrogens is 372 g/mol. The number of aliphatic imine (C=N–C) groups is 1. The van der Waals surface area contributed by atoms with E-state index in [4.69, 9.17) is 13.9 Å². The van der Waals surface area contributed by atoms with Gasteiger partial charge in [-0.05, 0) is 25.5 Å². The number of nitrogens with zero attached hydrogens (tertiary/aromatic N) is 5. The van der Waals surface area contributed by atoms with Crippen molar-refractivity contribution in [2.75, 3.05) is 39.3 Å². The van der Waals surface area contributed by atoms with Gasteiger partial charge in [-0.15, -0.1) is 0 Å². The van der Waals surface area contributed by atoms with Crippen LogP contribution in [0.3, 0.4) is 0 Å². The normalized spacial score (nSPS) is 15.2. The monoisotopic (exact) mass is 402 g/mol. The van der Waals surface area contributed by atoms with Crippen LogP contribution < -0.4 is 5.32 Å². The molecule has 3 rings (SSSR count). The number of amides is 1. The first kappa shape index (κ1) is 20.9. The van der Waals surface area contributed by atoms with E-state index in [0.717, 1.165) is 37.8 Å². The summed E-state index contributed by atoms with van der Waals surface area (Å²) in [5.74, 6) is 2.89. The number of hydrogen-bond donors (Lipinski definition) is 1. The molecule has 9 heteroatoms. The Balaban J connectivity index is 1.48. The number of aromatic nitrogens is 2. The Morgan fingerprint density at radius 1 is 1.28 bits per heavy atom. The van der Waals surface area contributed by atoms with Crippen molar-refractivity contribution in [1.82, 2.24) is 25.3 Å². The molecule has 0 aromatic carbocycles. The van der Waals surface area contributed by atoms with Crippen LogP contribution in [-0.4, -0.2) is 71.1 Å². The molecule has 0 spiro atoms. The summed E-state index contributed by atoms with van der Waals surface area (Å²) < 4.78 is 10.5. The summed E-state index contributed by atoms with van der Waals surface area (Å²) in [6, 6.07) is 3.44. The van der Waals surface area contributed by atoms with Crippen molar-refractivity contribution >= 4 is 11.9 Å². The highest BCUT2D eigenvalue weighted by Crippen LogP contribution is 2.11. The van der Waals surface area contributed by atoms with Crippen LogP contribution in [0.2, 0.25) is 0 Å². The average Bonchev–Trinajstić information content (AvgIpc) is 3.42. The largest absolute Gasteiger partial charge is 0.459 e. The molecule has 3 heterocycles. The number of furan rings is 1. The Kier molecular flexibility index (Phi) is 7.26. The van der Waals surface area contributed by atoms with Crippen LogP contribution in [0.1, 0.15) is 55.4 Å². The zero-order valence-corrected chi connectivity index (χ0v) is 17.4. The van der Waals surface area contributed by atoms with Crippen LogP contribution in [0.15, 0.2) is 32.3 Å². The van der Waals surface area contributed by atoms with Gasteiger partial charge in [-0.3, -0.25) is 9.79 Å². The van der Waals surface area contributed by atoms with Crippen molar-refractivity contribution < 1.29 is 13.7 Å². The molecule has 1 amide bonds. The SMILES string of the molecule is CCNC(=NCCCc1nc(C(C)C)no1)N1CCN(C(=O)c2ccco2)CC1. The van der Waals surface area contributed by atoms with Crippen LogP contribution in [0, 0.1) is 0 Å². The third-order valence-electron chi connectivity index (χ3n) is 4.74. The molecule has 0 radical (unpaired) electrons. The van der Waals surface area contributed by atoms with E-state index in [2.05, 4.69) is 27.3 Å². The Hall–Kier alpha value is -2.84. The molecule has 0 bridgehead atoms. The van der Waals surface area contributed by atoms with Gasteiger partial charge in [-0.2, -0.15) is 4.98 Å². The maximum atomic E-state index is 12.4. The summed E-state index contributed by atoms with van der Waals surface area (Å²) in [5, 5.41) is 7.33. The molecule has 0 unspecified atom stereocenters. The maximum absolute atomic E-state index is 12.4. The molecule has 1 fully saturated rings. The number of nitrogens with one attached hydrogen (secondary N) is 1. The average molecular weight is 402 g/mol. The third kappa shape index (κ3) is 5.58. The molecule has 2 aromatic rings. The smallest absolute Gasteiger partial charge is 0.289 e. The van der Waals surface area contributed by atoms with Crippen molar-refractivity contribution in [3.63, 3.8) is 0 Å². The summed E-state index contributed by atoms with van der Waals surface area (Å²) in [6.07, 6.45) is 3.08. The van der Waals surface area contributed by atoms with Gasteiger partial charge in [0.05, 0.1) is 6.26 Å². The lowest BCUT2D eigenvalue weighted by Crippen LogP contribution is -2.53. The van der Waals surface area contributed by atoms with E-state index in [1.165, 1.54) is 6.26 Å². The molecule has 9 nitrogen and oxygen atoms in total. The Labute approximate surface area is 171 Å². The Bertz CT molecular complexity index is 791. The number of carbonyl (C=O) groups excluding carboxylic acids is 1. The molecule has 1 N–H and O–H groups in total. The predicted molar refractivity (Wildman–Crippen MR) is 109 cm³/mol. The zero-order chi connectivity index (χ0) is 20.6. The highest BCUT2D eigenvalue weighted by atomic mass is 16.5. The molecule has 1 aliphatic rings. The lowest BCUT2D eigenvalue weighted by molar-refractivity contribution is 0.0657. The second kappa shape index (κ2) is 10.1. The Morgan fingerprint density at radius 2 is 2.03 bits per heavy atom. The van der Waals surface area contributed by atoms with Gasteiger partial charge in [-0.1, -0.05) is 19.0 Å². The lowest BCUT2D eigenvalue weighted by Gasteiger charge is -2.36. The minimum absolute atomic E-state index is 0.0584. The summed E-state index contributed by atoms with van der Waals surface area (Å²) >= 11 is 0. The number of rotatable bonds is 7. The highest BCUT2D eigenvalue weighted by Gasteiger charge is 2.25. The fraction of sp³-hybridized carbons (Fsp3) is 0.600. The van der Waals surface area contributed by atoms with Gasteiger partial charge in [-0.25, -0.2) is 0 Å². The van der Waals surface area contributed by atoms with E-state index < -0.39 is 0 Å². The predicted octanol–water partition coefficient (Wildman–Crippen LogP) is 2.14. The summed E-state index contributed by atoms with van der Waals surface area (Å²) in [7, 11) is 0. The minimum Gasteiger partial charge on any atom is -0.459 e. The quantitative estimate of drug-likeness (QED) is 0.430. The van der Waals surface area contributed by atoms with Gasteiger partial charge < -0.3 is 24.1 Å². The molecule has 0 aliphatic carbocycles. The molecule has 29 heavy (non-hydrogen) atoms. The van der Waals surface area contributed by atoms with Crippen LogP contribution in [-0.2, 0) is 6.42 Å². The fourth-order valence-corrected chi connectivity index (χ4v) is 3.12. The van der Waals surface area contributed by atoms with Gasteiger partial charge >= 0.3 is 0 Å². The van der Waals surface area contributed by atoms with E-state index in [-0.39, 0.29) is 11.8 Å². The second-order valence-electron chi connectivity index (χ2n) is 7.30. The van der Waals surface area contributed by atoms with E-state index in [9.17, 15) is 4.79 Å². The van der Waals surface area contributed by atoms with E-state index in [0.29, 0.717) is 37.7 Å². The molecule has 1 saturated heterocycles. The molecule has 1 aliphatic heterocycles. The lowest BCUT2D eigenvalue weighted by atomic mass is 10.2. The summed E-state index contributed by atoms with van der Waals surface area (Å²) in [6.45, 7) is 10.4. The van der Waals surface area contributed by atoms with Crippen molar-refractivity contribution in [2.45, 2.75) is 39.5 Å². The van der Waals surface area contributed by atoms with Crippen molar-refractivity contribution in [3.8, 4) is 0 Å². The van der Waals surface area contributed by atoms with Gasteiger partial charge in [0.2, 0.25) is 5.89 Å². The topological polar surface area (TPSA) is 100 Å². The van der Waals surface area contributed by atoms with Gasteiger partial charge in [0.25, 0.3) is 5.91 Å². The fourth-order valence-electron chi connectivity index (χ4n) is 3.12. The van der Waals surface area contributed by atoms with Crippen LogP contribution in [0.4, 0.5) is 0 Å². The minimum atomic E-state index is -0.0584. The highest BCUT2D eigenvalue weighted by molar-refractivity contribution is 5.91. The van der Waals surface area contributed by atoms with Gasteiger partial charge in [0, 0.05) is 51.6 Å². The maximum Gasteiger partial charge on any atom is 0.289 e. The first-order chi connectivity index (χ1) is 14.1. The van der Waals surface area contributed by atoms with Crippen LogP contribution in [0.5, 0.6) is 0 Å². The zero-order valence-electron chi connectivity index (χ0n) is 17.4. The molecule has 158 valence electrons. The van der Waals surface area contributed by atoms with Crippen LogP contribution in [0.25, 0.3) is 0 Å². The van der Waals surface area contributed by atoms with Crippen LogP contribution >= 0.6 is 0 Å². The van der Waals surface area contributed by atoms with Crippen molar-refractivity contribution in [3.05, 3.63) is 35.9 Å². The summed E-state index contributed by atoms with van der Waals surface area (Å²) in [4.78, 5) is 25.5. The van der Waals surface area contributed by atoms with E-state index in [1.54, 1.807) is 12.1 Å². The van der Waals surface area contributed by atoms with E-state index in [1.807, 2.05) is 18.7 Å². The number of guanidine groups is 1. The van der Waals surface area contributed by atoms with Gasteiger partial charge in [0.1, 0.15) is 0 Å². The van der Waals surface area contributed by atoms with E-state index >= 15 is 0 Å². The standard InChI is InChI=1S/C20H30N6O3/c1-4-21-20(22-9-5-8-17-23-18(15(2)3)24-29-17)26-12-10-25(11-13-26)19(27)16-7-6-14-28-16/h6-7,14-15H,4-5,8-13H2,1-3H3,(H,21,22). The molecule has 2 aromatic heterocycles. The third-order valence-corrected chi connectivity index (χ3v) is 4.74. The number of piperazine rings is 1. The number of hydrogen-bond acceptors (Lipinski definition) is 6. The van der Waals surface area contributed by atoms with Gasteiger partial charge in [0.15, 0.2) is 17.5 Å². The molecule has 0 saturated carbocycles. The first-order valence-electron chi connectivity index (χ1n) is 10.3. The van der Waals surface area contributed by atoms with Crippen molar-refractivity contribution in [1.29, 1.82) is 0 Å². The Morgan fingerprint density at radius 3 is 2.66 bits per heavy atom. The number of aryl methyl sites for hydroxylation is 1. The second-order valence-corrected chi connectivity index (χ2v) is 7.30. The first-order valence-corrected chi connectivity index (χ1v) is 10.3. The molecule has 0 atom stereocenters. The molecular formula is C20H30N6O3.